The van der Waals surface area contributed by atoms with Crippen LogP contribution in [-0.4, -0.2) is 87.8 Å². The minimum Gasteiger partial charge on any atom is -0.481 e. The molecule has 9 nitrogen and oxygen atoms in total. The lowest BCUT2D eigenvalue weighted by molar-refractivity contribution is -0.148. The molecule has 0 aromatic carbocycles. The van der Waals surface area contributed by atoms with Crippen LogP contribution in [0.3, 0.4) is 0 Å². The molecule has 2 saturated heterocycles. The number of carbonyl (C=O) groups excluding carboxylic acids is 2. The normalized spacial score (nSPS) is 24.2. The summed E-state index contributed by atoms with van der Waals surface area (Å²) in [5.74, 6) is -1.40. The van der Waals surface area contributed by atoms with Crippen molar-refractivity contribution in [1.82, 2.24) is 24.5 Å². The van der Waals surface area contributed by atoms with Crippen molar-refractivity contribution < 1.29 is 19.5 Å². The van der Waals surface area contributed by atoms with Gasteiger partial charge in [0.1, 0.15) is 5.41 Å². The summed E-state index contributed by atoms with van der Waals surface area (Å²) >= 11 is 0. The number of likely N-dealkylation sites (tertiary alicyclic amines) is 2. The van der Waals surface area contributed by atoms with Gasteiger partial charge >= 0.3 is 12.0 Å². The number of carboxylic acid groups (broad SMARTS) is 1. The molecule has 3 heterocycles. The van der Waals surface area contributed by atoms with Gasteiger partial charge in [0.05, 0.1) is 11.8 Å². The van der Waals surface area contributed by atoms with E-state index in [2.05, 4.69) is 5.10 Å². The highest BCUT2D eigenvalue weighted by Crippen LogP contribution is 2.43. The molecule has 0 spiro atoms. The lowest BCUT2D eigenvalue weighted by Gasteiger charge is -2.27. The Morgan fingerprint density at radius 3 is 2.44 bits per heavy atom. The van der Waals surface area contributed by atoms with E-state index in [0.29, 0.717) is 18.7 Å². The van der Waals surface area contributed by atoms with Gasteiger partial charge in [-0.25, -0.2) is 4.79 Å². The van der Waals surface area contributed by atoms with Crippen molar-refractivity contribution in [3.8, 4) is 0 Å². The van der Waals surface area contributed by atoms with Crippen LogP contribution in [0.5, 0.6) is 0 Å². The summed E-state index contributed by atoms with van der Waals surface area (Å²) in [5.41, 5.74) is 0.215. The van der Waals surface area contributed by atoms with E-state index in [1.165, 1.54) is 4.90 Å². The Hall–Kier alpha value is -2.58. The maximum Gasteiger partial charge on any atom is 0.319 e. The van der Waals surface area contributed by atoms with Gasteiger partial charge in [0.15, 0.2) is 0 Å². The Morgan fingerprint density at radius 2 is 1.89 bits per heavy atom. The van der Waals surface area contributed by atoms with E-state index < -0.39 is 11.4 Å². The van der Waals surface area contributed by atoms with Crippen LogP contribution in [0.4, 0.5) is 4.79 Å². The molecular weight excluding hydrogens is 350 g/mol. The van der Waals surface area contributed by atoms with Gasteiger partial charge in [-0.3, -0.25) is 14.3 Å². The van der Waals surface area contributed by atoms with E-state index in [4.69, 9.17) is 0 Å². The molecule has 0 saturated carbocycles. The van der Waals surface area contributed by atoms with Gasteiger partial charge in [0.25, 0.3) is 5.91 Å². The molecule has 2 atom stereocenters. The van der Waals surface area contributed by atoms with E-state index in [0.717, 1.165) is 18.7 Å². The molecule has 1 N–H and O–H groups in total. The molecule has 2 fully saturated rings. The molecule has 9 heteroatoms. The first kappa shape index (κ1) is 19.2. The van der Waals surface area contributed by atoms with Gasteiger partial charge in [-0.2, -0.15) is 5.10 Å². The van der Waals surface area contributed by atoms with Crippen LogP contribution in [0.25, 0.3) is 0 Å². The van der Waals surface area contributed by atoms with Crippen molar-refractivity contribution >= 4 is 17.9 Å². The molecule has 1 aromatic rings. The van der Waals surface area contributed by atoms with Crippen molar-refractivity contribution in [1.29, 1.82) is 0 Å². The maximum absolute atomic E-state index is 13.0. The van der Waals surface area contributed by atoms with E-state index in [9.17, 15) is 19.5 Å². The summed E-state index contributed by atoms with van der Waals surface area (Å²) in [5, 5.41) is 14.2. The Morgan fingerprint density at radius 1 is 1.26 bits per heavy atom. The number of hydrogen-bond donors (Lipinski definition) is 1. The fraction of sp³-hybridized carbons (Fsp3) is 0.667. The zero-order valence-electron chi connectivity index (χ0n) is 16.3. The molecular formula is C18H27N5O4. The van der Waals surface area contributed by atoms with Crippen molar-refractivity contribution in [2.75, 3.05) is 40.3 Å². The van der Waals surface area contributed by atoms with Crippen LogP contribution >= 0.6 is 0 Å². The average Bonchev–Trinajstić information content (AvgIpc) is 3.25. The Labute approximate surface area is 158 Å². The lowest BCUT2D eigenvalue weighted by Crippen LogP contribution is -2.45. The predicted molar refractivity (Wildman–Crippen MR) is 97.4 cm³/mol. The van der Waals surface area contributed by atoms with Crippen molar-refractivity contribution in [2.24, 2.45) is 11.3 Å². The third kappa shape index (κ3) is 3.04. The zero-order valence-corrected chi connectivity index (χ0v) is 16.3. The number of urea groups is 1. The first-order valence-electron chi connectivity index (χ1n) is 9.22. The summed E-state index contributed by atoms with van der Waals surface area (Å²) in [6.07, 6.45) is 2.48. The molecule has 2 aliphatic heterocycles. The fourth-order valence-electron chi connectivity index (χ4n) is 4.21. The Bertz CT molecular complexity index is 774. The second kappa shape index (κ2) is 6.86. The molecule has 2 aliphatic rings. The van der Waals surface area contributed by atoms with E-state index in [1.54, 1.807) is 34.8 Å². The van der Waals surface area contributed by atoms with Gasteiger partial charge in [-0.05, 0) is 13.3 Å². The van der Waals surface area contributed by atoms with Crippen LogP contribution < -0.4 is 0 Å². The second-order valence-electron chi connectivity index (χ2n) is 7.77. The number of carbonyl (C=O) groups is 3. The molecule has 0 aliphatic carbocycles. The van der Waals surface area contributed by atoms with Gasteiger partial charge in [0.2, 0.25) is 0 Å². The van der Waals surface area contributed by atoms with E-state index in [-0.39, 0.29) is 30.9 Å². The number of amides is 3. The minimum atomic E-state index is -1.10. The standard InChI is InChI=1S/C18H27N5O4/c1-5-6-23-12(2)14(7-19-23)15(24)21-8-13-9-22(17(27)20(3)4)11-18(13,10-21)16(25)26/h7,13H,5-6,8-11H2,1-4H3,(H,25,26)/t13-,18-/m1/s1. The highest BCUT2D eigenvalue weighted by atomic mass is 16.4. The number of nitrogens with zero attached hydrogens (tertiary/aromatic N) is 5. The first-order valence-corrected chi connectivity index (χ1v) is 9.22. The summed E-state index contributed by atoms with van der Waals surface area (Å²) in [6, 6.07) is -0.195. The average molecular weight is 377 g/mol. The predicted octanol–water partition coefficient (Wildman–Crippen LogP) is 0.742. The summed E-state index contributed by atoms with van der Waals surface area (Å²) in [6.45, 7) is 5.56. The monoisotopic (exact) mass is 377 g/mol. The fourth-order valence-corrected chi connectivity index (χ4v) is 4.21. The second-order valence-corrected chi connectivity index (χ2v) is 7.77. The topological polar surface area (TPSA) is 99.0 Å². The molecule has 3 amide bonds. The minimum absolute atomic E-state index is 0.113. The largest absolute Gasteiger partial charge is 0.481 e. The zero-order chi connectivity index (χ0) is 19.9. The molecule has 148 valence electrons. The number of aromatic nitrogens is 2. The Balaban J connectivity index is 1.80. The van der Waals surface area contributed by atoms with Gasteiger partial charge in [0, 0.05) is 58.4 Å². The quantitative estimate of drug-likeness (QED) is 0.834. The number of aryl methyl sites for hydroxylation is 1. The van der Waals surface area contributed by atoms with Crippen LogP contribution in [-0.2, 0) is 11.3 Å². The van der Waals surface area contributed by atoms with Crippen LogP contribution in [0.2, 0.25) is 0 Å². The Kier molecular flexibility index (Phi) is 4.88. The number of hydrogen-bond acceptors (Lipinski definition) is 4. The molecule has 1 aromatic heterocycles. The number of rotatable bonds is 4. The molecule has 27 heavy (non-hydrogen) atoms. The van der Waals surface area contributed by atoms with Crippen LogP contribution in [0, 0.1) is 18.3 Å². The summed E-state index contributed by atoms with van der Waals surface area (Å²) in [4.78, 5) is 42.0. The third-order valence-electron chi connectivity index (χ3n) is 5.74. The molecule has 0 bridgehead atoms. The summed E-state index contributed by atoms with van der Waals surface area (Å²) < 4.78 is 1.80. The lowest BCUT2D eigenvalue weighted by atomic mass is 9.81. The highest BCUT2D eigenvalue weighted by molar-refractivity contribution is 5.96. The SMILES string of the molecule is CCCn1ncc(C(=O)N2C[C@@H]3CN(C(=O)N(C)C)C[C@]3(C(=O)O)C2)c1C. The summed E-state index contributed by atoms with van der Waals surface area (Å²) in [7, 11) is 3.30. The maximum atomic E-state index is 13.0. The number of carboxylic acids is 1. The van der Waals surface area contributed by atoms with Gasteiger partial charge in [-0.1, -0.05) is 6.92 Å². The van der Waals surface area contributed by atoms with Crippen molar-refractivity contribution in [3.63, 3.8) is 0 Å². The van der Waals surface area contributed by atoms with E-state index in [1.807, 2.05) is 13.8 Å². The van der Waals surface area contributed by atoms with Crippen molar-refractivity contribution in [2.45, 2.75) is 26.8 Å². The van der Waals surface area contributed by atoms with Crippen molar-refractivity contribution in [3.05, 3.63) is 17.5 Å². The highest BCUT2D eigenvalue weighted by Gasteiger charge is 2.59. The van der Waals surface area contributed by atoms with E-state index >= 15 is 0 Å². The van der Waals surface area contributed by atoms with Gasteiger partial charge < -0.3 is 19.8 Å². The van der Waals surface area contributed by atoms with Crippen LogP contribution in [0.1, 0.15) is 29.4 Å². The van der Waals surface area contributed by atoms with Crippen LogP contribution in [0.15, 0.2) is 6.20 Å². The van der Waals surface area contributed by atoms with Gasteiger partial charge in [-0.15, -0.1) is 0 Å². The third-order valence-corrected chi connectivity index (χ3v) is 5.74. The molecule has 0 radical (unpaired) electrons. The first-order chi connectivity index (χ1) is 12.7. The molecule has 0 unspecified atom stereocenters. The molecule has 3 rings (SSSR count). The smallest absolute Gasteiger partial charge is 0.319 e. The number of fused-ring (bicyclic) bond motifs is 1. The number of aliphatic carboxylic acids is 1.